The SMILES string of the molecule is Cc1nc2c(N3C[C@@H](CO)N(C(c4ccc(F)cc4)c4ccc(F)cc4)C[C@@H]3C)nc(=O)n(C)c2n1C[C@@H]1CCCO1. The van der Waals surface area contributed by atoms with Crippen molar-refractivity contribution in [1.82, 2.24) is 24.0 Å². The zero-order valence-electron chi connectivity index (χ0n) is 24.1. The lowest BCUT2D eigenvalue weighted by Gasteiger charge is -2.48. The quantitative estimate of drug-likeness (QED) is 0.359. The van der Waals surface area contributed by atoms with Crippen LogP contribution in [0.25, 0.3) is 11.2 Å². The van der Waals surface area contributed by atoms with Crippen molar-refractivity contribution in [1.29, 1.82) is 0 Å². The molecule has 2 saturated heterocycles. The van der Waals surface area contributed by atoms with E-state index >= 15 is 0 Å². The van der Waals surface area contributed by atoms with Gasteiger partial charge in [-0.25, -0.2) is 18.6 Å². The molecule has 0 unspecified atom stereocenters. The van der Waals surface area contributed by atoms with Crippen LogP contribution >= 0.6 is 0 Å². The molecule has 222 valence electrons. The Kier molecular flexibility index (Phi) is 7.82. The lowest BCUT2D eigenvalue weighted by atomic mass is 9.93. The number of hydrogen-bond donors (Lipinski definition) is 1. The zero-order valence-corrected chi connectivity index (χ0v) is 24.1. The number of aliphatic hydroxyl groups is 1. The molecule has 11 heteroatoms. The zero-order chi connectivity index (χ0) is 29.5. The summed E-state index contributed by atoms with van der Waals surface area (Å²) >= 11 is 0. The first-order valence-electron chi connectivity index (χ1n) is 14.4. The van der Waals surface area contributed by atoms with Crippen molar-refractivity contribution >= 4 is 17.0 Å². The summed E-state index contributed by atoms with van der Waals surface area (Å²) in [5.41, 5.74) is 2.62. The Morgan fingerprint density at radius 2 is 1.67 bits per heavy atom. The van der Waals surface area contributed by atoms with E-state index in [4.69, 9.17) is 9.72 Å². The summed E-state index contributed by atoms with van der Waals surface area (Å²) in [4.78, 5) is 26.8. The molecular formula is C31H36F2N6O3. The maximum atomic E-state index is 13.9. The highest BCUT2D eigenvalue weighted by Crippen LogP contribution is 2.36. The highest BCUT2D eigenvalue weighted by Gasteiger charge is 2.38. The van der Waals surface area contributed by atoms with E-state index < -0.39 is 0 Å². The molecule has 0 aliphatic carbocycles. The van der Waals surface area contributed by atoms with Crippen LogP contribution in [0, 0.1) is 18.6 Å². The van der Waals surface area contributed by atoms with Crippen LogP contribution in [-0.2, 0) is 18.3 Å². The van der Waals surface area contributed by atoms with Gasteiger partial charge in [0.15, 0.2) is 5.82 Å². The average Bonchev–Trinajstić information content (AvgIpc) is 3.61. The summed E-state index contributed by atoms with van der Waals surface area (Å²) in [6.07, 6.45) is 2.05. The van der Waals surface area contributed by atoms with Crippen LogP contribution in [0.1, 0.15) is 42.8 Å². The number of fused-ring (bicyclic) bond motifs is 1. The van der Waals surface area contributed by atoms with Gasteiger partial charge in [0.2, 0.25) is 0 Å². The summed E-state index contributed by atoms with van der Waals surface area (Å²) < 4.78 is 37.2. The van der Waals surface area contributed by atoms with Crippen molar-refractivity contribution in [2.75, 3.05) is 31.2 Å². The molecule has 2 aliphatic rings. The van der Waals surface area contributed by atoms with Gasteiger partial charge in [0, 0.05) is 32.8 Å². The maximum absolute atomic E-state index is 13.9. The molecule has 0 amide bonds. The van der Waals surface area contributed by atoms with Crippen LogP contribution in [0.15, 0.2) is 53.3 Å². The van der Waals surface area contributed by atoms with E-state index in [0.717, 1.165) is 36.4 Å². The molecule has 9 nitrogen and oxygen atoms in total. The average molecular weight is 579 g/mol. The topological polar surface area (TPSA) is 88.7 Å². The number of hydrogen-bond acceptors (Lipinski definition) is 7. The molecule has 2 aromatic carbocycles. The van der Waals surface area contributed by atoms with Crippen molar-refractivity contribution in [3.8, 4) is 0 Å². The molecule has 2 aliphatic heterocycles. The second-order valence-electron chi connectivity index (χ2n) is 11.4. The van der Waals surface area contributed by atoms with Crippen molar-refractivity contribution in [2.24, 2.45) is 7.05 Å². The first-order chi connectivity index (χ1) is 20.2. The summed E-state index contributed by atoms with van der Waals surface area (Å²) in [7, 11) is 1.71. The molecule has 0 radical (unpaired) electrons. The highest BCUT2D eigenvalue weighted by atomic mass is 19.1. The minimum absolute atomic E-state index is 0.0731. The number of ether oxygens (including phenoxy) is 1. The number of aromatic nitrogens is 4. The Labute approximate surface area is 243 Å². The molecule has 1 N–H and O–H groups in total. The molecule has 0 spiro atoms. The predicted molar refractivity (Wildman–Crippen MR) is 156 cm³/mol. The number of imidazole rings is 1. The fourth-order valence-electron chi connectivity index (χ4n) is 6.47. The van der Waals surface area contributed by atoms with Crippen molar-refractivity contribution < 1.29 is 18.6 Å². The third-order valence-electron chi connectivity index (χ3n) is 8.63. The van der Waals surface area contributed by atoms with Crippen molar-refractivity contribution in [2.45, 2.75) is 57.5 Å². The monoisotopic (exact) mass is 578 g/mol. The van der Waals surface area contributed by atoms with Gasteiger partial charge in [0.25, 0.3) is 0 Å². The van der Waals surface area contributed by atoms with E-state index in [-0.39, 0.29) is 48.2 Å². The highest BCUT2D eigenvalue weighted by molar-refractivity contribution is 5.84. The molecule has 3 atom stereocenters. The van der Waals surface area contributed by atoms with Gasteiger partial charge in [-0.2, -0.15) is 4.98 Å². The molecule has 42 heavy (non-hydrogen) atoms. The minimum Gasteiger partial charge on any atom is -0.395 e. The van der Waals surface area contributed by atoms with Gasteiger partial charge in [-0.05, 0) is 62.1 Å². The maximum Gasteiger partial charge on any atom is 0.350 e. The van der Waals surface area contributed by atoms with Gasteiger partial charge >= 0.3 is 5.69 Å². The van der Waals surface area contributed by atoms with Crippen LogP contribution < -0.4 is 10.6 Å². The van der Waals surface area contributed by atoms with Gasteiger partial charge in [0.05, 0.1) is 31.3 Å². The van der Waals surface area contributed by atoms with Crippen molar-refractivity contribution in [3.63, 3.8) is 0 Å². The molecule has 6 rings (SSSR count). The smallest absolute Gasteiger partial charge is 0.350 e. The summed E-state index contributed by atoms with van der Waals surface area (Å²) in [5.74, 6) is 0.586. The molecule has 2 aromatic heterocycles. The van der Waals surface area contributed by atoms with Gasteiger partial charge in [-0.1, -0.05) is 24.3 Å². The molecule has 0 saturated carbocycles. The number of piperazine rings is 1. The fraction of sp³-hybridized carbons (Fsp3) is 0.452. The predicted octanol–water partition coefficient (Wildman–Crippen LogP) is 3.56. The lowest BCUT2D eigenvalue weighted by molar-refractivity contribution is 0.0724. The number of rotatable bonds is 7. The summed E-state index contributed by atoms with van der Waals surface area (Å²) in [6.45, 7) is 6.04. The Morgan fingerprint density at radius 3 is 2.24 bits per heavy atom. The second-order valence-corrected chi connectivity index (χ2v) is 11.4. The van der Waals surface area contributed by atoms with E-state index in [0.29, 0.717) is 36.6 Å². The third kappa shape index (κ3) is 5.21. The van der Waals surface area contributed by atoms with E-state index in [1.807, 2.05) is 18.4 Å². The van der Waals surface area contributed by atoms with Gasteiger partial charge in [-0.15, -0.1) is 0 Å². The Bertz CT molecular complexity index is 1570. The molecule has 4 heterocycles. The van der Waals surface area contributed by atoms with E-state index in [1.165, 1.54) is 28.8 Å². The number of aryl methyl sites for hydroxylation is 2. The number of halogens is 2. The van der Waals surface area contributed by atoms with E-state index in [1.54, 1.807) is 31.3 Å². The summed E-state index contributed by atoms with van der Waals surface area (Å²) in [6, 6.07) is 11.7. The molecule has 2 fully saturated rings. The lowest BCUT2D eigenvalue weighted by Crippen LogP contribution is -2.60. The van der Waals surface area contributed by atoms with Gasteiger partial charge in [-0.3, -0.25) is 9.47 Å². The molecule has 4 aromatic rings. The van der Waals surface area contributed by atoms with Crippen LogP contribution in [0.4, 0.5) is 14.6 Å². The van der Waals surface area contributed by atoms with Crippen LogP contribution in [0.5, 0.6) is 0 Å². The Hall–Kier alpha value is -3.67. The number of nitrogens with zero attached hydrogens (tertiary/aromatic N) is 6. The Balaban J connectivity index is 1.38. The minimum atomic E-state index is -0.378. The molecular weight excluding hydrogens is 542 g/mol. The number of benzene rings is 2. The molecule has 0 bridgehead atoms. The number of anilines is 1. The first-order valence-corrected chi connectivity index (χ1v) is 14.4. The third-order valence-corrected chi connectivity index (χ3v) is 8.63. The van der Waals surface area contributed by atoms with Crippen LogP contribution in [-0.4, -0.2) is 73.6 Å². The standard InChI is InChI=1S/C31H36F2N6O3/c1-19-15-39(28(21-6-10-23(32)11-7-21)22-8-12-24(33)13-9-22)25(18-40)16-37(19)29-27-30(36(3)31(41)35-29)38(20(2)34-27)17-26-5-4-14-42-26/h6-13,19,25-26,28,40H,4-5,14-18H2,1-3H3/t19-,25-,26-/m0/s1. The largest absolute Gasteiger partial charge is 0.395 e. The normalized spacial score (nSPS) is 21.6. The van der Waals surface area contributed by atoms with Gasteiger partial charge in [0.1, 0.15) is 28.6 Å². The first kappa shape index (κ1) is 28.4. The number of aliphatic hydroxyl groups excluding tert-OH is 1. The summed E-state index contributed by atoms with van der Waals surface area (Å²) in [5, 5.41) is 10.7. The van der Waals surface area contributed by atoms with E-state index in [9.17, 15) is 18.7 Å². The van der Waals surface area contributed by atoms with Crippen LogP contribution in [0.3, 0.4) is 0 Å². The second kappa shape index (κ2) is 11.5. The Morgan fingerprint density at radius 1 is 1.02 bits per heavy atom. The van der Waals surface area contributed by atoms with Gasteiger partial charge < -0.3 is 19.3 Å². The van der Waals surface area contributed by atoms with Crippen molar-refractivity contribution in [3.05, 3.63) is 87.6 Å². The fourth-order valence-corrected chi connectivity index (χ4v) is 6.47. The van der Waals surface area contributed by atoms with Crippen LogP contribution in [0.2, 0.25) is 0 Å². The van der Waals surface area contributed by atoms with E-state index in [2.05, 4.69) is 14.8 Å².